The molecule has 1 aromatic rings. The molecule has 1 aliphatic rings. The van der Waals surface area contributed by atoms with Gasteiger partial charge in [-0.2, -0.15) is 0 Å². The number of aliphatic hydroxyl groups is 1. The van der Waals surface area contributed by atoms with Crippen molar-refractivity contribution in [2.75, 3.05) is 25.4 Å². The van der Waals surface area contributed by atoms with Crippen LogP contribution in [-0.4, -0.2) is 40.3 Å². The fraction of sp³-hybridized carbons (Fsp3) is 0.643. The molecule has 1 saturated carbocycles. The zero-order valence-electron chi connectivity index (χ0n) is 11.3. The minimum atomic E-state index is -0.0235. The van der Waals surface area contributed by atoms with Crippen LogP contribution in [0.15, 0.2) is 23.1 Å². The molecule has 0 amide bonds. The second kappa shape index (κ2) is 6.73. The number of aliphatic hydroxyl groups excluding tert-OH is 1. The fourth-order valence-corrected chi connectivity index (χ4v) is 2.84. The minimum absolute atomic E-state index is 0.0235. The number of rotatable bonds is 6. The van der Waals surface area contributed by atoms with E-state index in [0.29, 0.717) is 24.8 Å². The van der Waals surface area contributed by atoms with Gasteiger partial charge in [0.2, 0.25) is 0 Å². The first kappa shape index (κ1) is 14.1. The SMILES string of the molecule is Nc1ccc(=O)n(CCN(CCO)C2CCCC2)c1. The first-order valence-corrected chi connectivity index (χ1v) is 7.01. The fourth-order valence-electron chi connectivity index (χ4n) is 2.84. The van der Waals surface area contributed by atoms with E-state index in [1.807, 2.05) is 0 Å². The van der Waals surface area contributed by atoms with Crippen molar-refractivity contribution in [2.45, 2.75) is 38.3 Å². The Hall–Kier alpha value is -1.33. The van der Waals surface area contributed by atoms with Crippen LogP contribution in [0.25, 0.3) is 0 Å². The van der Waals surface area contributed by atoms with Gasteiger partial charge in [0, 0.05) is 43.6 Å². The highest BCUT2D eigenvalue weighted by Crippen LogP contribution is 2.23. The highest BCUT2D eigenvalue weighted by atomic mass is 16.3. The molecule has 0 radical (unpaired) electrons. The van der Waals surface area contributed by atoms with E-state index in [4.69, 9.17) is 10.8 Å². The molecule has 0 aliphatic heterocycles. The molecule has 0 unspecified atom stereocenters. The molecule has 0 aromatic carbocycles. The van der Waals surface area contributed by atoms with Crippen LogP contribution < -0.4 is 11.3 Å². The molecular weight excluding hydrogens is 242 g/mol. The average Bonchev–Trinajstić information content (AvgIpc) is 2.92. The Labute approximate surface area is 113 Å². The lowest BCUT2D eigenvalue weighted by Gasteiger charge is -2.28. The van der Waals surface area contributed by atoms with Crippen molar-refractivity contribution in [2.24, 2.45) is 0 Å². The number of aromatic nitrogens is 1. The Bertz CT molecular complexity index is 452. The lowest BCUT2D eigenvalue weighted by molar-refractivity contribution is 0.146. The Morgan fingerprint density at radius 1 is 1.32 bits per heavy atom. The van der Waals surface area contributed by atoms with Gasteiger partial charge in [-0.15, -0.1) is 0 Å². The summed E-state index contributed by atoms with van der Waals surface area (Å²) in [5, 5.41) is 9.16. The Balaban J connectivity index is 1.97. The van der Waals surface area contributed by atoms with Gasteiger partial charge in [-0.3, -0.25) is 9.69 Å². The molecule has 0 bridgehead atoms. The van der Waals surface area contributed by atoms with Crippen LogP contribution in [0, 0.1) is 0 Å². The number of anilines is 1. The molecule has 0 spiro atoms. The predicted octanol–water partition coefficient (Wildman–Crippen LogP) is 0.667. The van der Waals surface area contributed by atoms with Crippen LogP contribution in [0.3, 0.4) is 0 Å². The van der Waals surface area contributed by atoms with Crippen molar-refractivity contribution >= 4 is 5.69 Å². The molecule has 1 heterocycles. The van der Waals surface area contributed by atoms with Crippen LogP contribution in [0.2, 0.25) is 0 Å². The third-order valence-electron chi connectivity index (χ3n) is 3.86. The van der Waals surface area contributed by atoms with Gasteiger partial charge in [0.05, 0.1) is 6.61 Å². The van der Waals surface area contributed by atoms with E-state index in [2.05, 4.69) is 4.90 Å². The smallest absolute Gasteiger partial charge is 0.250 e. The van der Waals surface area contributed by atoms with E-state index in [9.17, 15) is 4.79 Å². The van der Waals surface area contributed by atoms with Gasteiger partial charge in [-0.25, -0.2) is 0 Å². The summed E-state index contributed by atoms with van der Waals surface area (Å²) in [4.78, 5) is 14.0. The molecule has 2 rings (SSSR count). The summed E-state index contributed by atoms with van der Waals surface area (Å²) in [5.41, 5.74) is 6.28. The van der Waals surface area contributed by atoms with Crippen LogP contribution in [0.4, 0.5) is 5.69 Å². The molecule has 0 atom stereocenters. The van der Waals surface area contributed by atoms with Crippen LogP contribution >= 0.6 is 0 Å². The summed E-state index contributed by atoms with van der Waals surface area (Å²) in [6.07, 6.45) is 6.63. The molecule has 106 valence electrons. The number of nitrogen functional groups attached to an aromatic ring is 1. The number of nitrogens with two attached hydrogens (primary N) is 1. The molecule has 3 N–H and O–H groups in total. The highest BCUT2D eigenvalue weighted by Gasteiger charge is 2.21. The molecule has 19 heavy (non-hydrogen) atoms. The van der Waals surface area contributed by atoms with Gasteiger partial charge in [0.1, 0.15) is 0 Å². The monoisotopic (exact) mass is 265 g/mol. The number of hydrogen-bond donors (Lipinski definition) is 2. The van der Waals surface area contributed by atoms with Gasteiger partial charge in [-0.1, -0.05) is 12.8 Å². The average molecular weight is 265 g/mol. The maximum Gasteiger partial charge on any atom is 0.250 e. The van der Waals surface area contributed by atoms with E-state index in [0.717, 1.165) is 6.54 Å². The first-order valence-electron chi connectivity index (χ1n) is 7.01. The zero-order chi connectivity index (χ0) is 13.7. The van der Waals surface area contributed by atoms with Crippen molar-refractivity contribution < 1.29 is 5.11 Å². The highest BCUT2D eigenvalue weighted by molar-refractivity contribution is 5.33. The van der Waals surface area contributed by atoms with E-state index in [1.54, 1.807) is 16.8 Å². The summed E-state index contributed by atoms with van der Waals surface area (Å²) < 4.78 is 1.65. The first-order chi connectivity index (χ1) is 9.20. The van der Waals surface area contributed by atoms with Crippen molar-refractivity contribution in [3.05, 3.63) is 28.7 Å². The van der Waals surface area contributed by atoms with E-state index < -0.39 is 0 Å². The standard InChI is InChI=1S/C14H23N3O2/c15-12-5-6-14(19)17(11-12)8-7-16(9-10-18)13-3-1-2-4-13/h5-6,11,13,18H,1-4,7-10,15H2. The van der Waals surface area contributed by atoms with Crippen molar-refractivity contribution in [1.82, 2.24) is 9.47 Å². The Morgan fingerprint density at radius 2 is 2.05 bits per heavy atom. The maximum absolute atomic E-state index is 11.7. The lowest BCUT2D eigenvalue weighted by Crippen LogP contribution is -2.39. The van der Waals surface area contributed by atoms with Crippen LogP contribution in [-0.2, 0) is 6.54 Å². The molecule has 1 aromatic heterocycles. The van der Waals surface area contributed by atoms with Gasteiger partial charge in [-0.05, 0) is 18.9 Å². The number of nitrogens with zero attached hydrogens (tertiary/aromatic N) is 2. The molecule has 5 heteroatoms. The summed E-state index contributed by atoms with van der Waals surface area (Å²) >= 11 is 0. The number of pyridine rings is 1. The zero-order valence-corrected chi connectivity index (χ0v) is 11.3. The largest absolute Gasteiger partial charge is 0.398 e. The predicted molar refractivity (Wildman–Crippen MR) is 76.0 cm³/mol. The van der Waals surface area contributed by atoms with Gasteiger partial charge in [0.25, 0.3) is 5.56 Å². The van der Waals surface area contributed by atoms with Crippen molar-refractivity contribution in [3.63, 3.8) is 0 Å². The van der Waals surface area contributed by atoms with E-state index in [1.165, 1.54) is 31.7 Å². The summed E-state index contributed by atoms with van der Waals surface area (Å²) in [6.45, 7) is 2.26. The normalized spacial score (nSPS) is 16.3. The maximum atomic E-state index is 11.7. The second-order valence-corrected chi connectivity index (χ2v) is 5.19. The lowest BCUT2D eigenvalue weighted by atomic mass is 10.2. The van der Waals surface area contributed by atoms with E-state index in [-0.39, 0.29) is 12.2 Å². The third kappa shape index (κ3) is 3.81. The number of hydrogen-bond acceptors (Lipinski definition) is 4. The quantitative estimate of drug-likeness (QED) is 0.793. The molecule has 5 nitrogen and oxygen atoms in total. The van der Waals surface area contributed by atoms with Crippen LogP contribution in [0.5, 0.6) is 0 Å². The van der Waals surface area contributed by atoms with Gasteiger partial charge in [0.15, 0.2) is 0 Å². The van der Waals surface area contributed by atoms with Crippen molar-refractivity contribution in [3.8, 4) is 0 Å². The Kier molecular flexibility index (Phi) is 4.99. The molecular formula is C14H23N3O2. The van der Waals surface area contributed by atoms with Crippen molar-refractivity contribution in [1.29, 1.82) is 0 Å². The third-order valence-corrected chi connectivity index (χ3v) is 3.86. The van der Waals surface area contributed by atoms with Gasteiger partial charge < -0.3 is 15.4 Å². The summed E-state index contributed by atoms with van der Waals surface area (Å²) in [7, 11) is 0. The summed E-state index contributed by atoms with van der Waals surface area (Å²) in [5.74, 6) is 0. The molecule has 0 saturated heterocycles. The summed E-state index contributed by atoms with van der Waals surface area (Å²) in [6, 6.07) is 3.69. The molecule has 1 aliphatic carbocycles. The van der Waals surface area contributed by atoms with E-state index >= 15 is 0 Å². The second-order valence-electron chi connectivity index (χ2n) is 5.19. The minimum Gasteiger partial charge on any atom is -0.398 e. The molecule has 1 fully saturated rings. The topological polar surface area (TPSA) is 71.5 Å². The van der Waals surface area contributed by atoms with Gasteiger partial charge >= 0.3 is 0 Å². The Morgan fingerprint density at radius 3 is 2.74 bits per heavy atom. The van der Waals surface area contributed by atoms with Crippen LogP contribution in [0.1, 0.15) is 25.7 Å².